The number of nitrogens with zero attached hydrogens (tertiary/aromatic N) is 3. The summed E-state index contributed by atoms with van der Waals surface area (Å²) in [7, 11) is 0. The molecule has 0 radical (unpaired) electrons. The van der Waals surface area contributed by atoms with E-state index in [0.717, 1.165) is 0 Å². The molecule has 0 saturated heterocycles. The summed E-state index contributed by atoms with van der Waals surface area (Å²) in [6, 6.07) is 0. The van der Waals surface area contributed by atoms with Crippen molar-refractivity contribution in [1.29, 1.82) is 0 Å². The fourth-order valence-electron chi connectivity index (χ4n) is 1.23. The van der Waals surface area contributed by atoms with E-state index < -0.39 is 11.0 Å². The van der Waals surface area contributed by atoms with Crippen molar-refractivity contribution in [3.63, 3.8) is 0 Å². The van der Waals surface area contributed by atoms with Crippen LogP contribution >= 0.6 is 0 Å². The van der Waals surface area contributed by atoms with E-state index in [2.05, 4.69) is 5.10 Å². The number of ether oxygens (including phenoxy) is 1. The number of carbonyl (C=O) groups is 1. The quantitative estimate of drug-likeness (QED) is 0.748. The first-order valence-corrected chi connectivity index (χ1v) is 5.85. The van der Waals surface area contributed by atoms with Gasteiger partial charge >= 0.3 is 11.7 Å². The van der Waals surface area contributed by atoms with Gasteiger partial charge in [0.05, 0.1) is 11.0 Å². The molecule has 0 unspecified atom stereocenters. The SMILES string of the molecule is CC(C)(C)C(=O)OCn1cnn(C(C)(C)C)c1=O. The lowest BCUT2D eigenvalue weighted by Gasteiger charge is -2.17. The number of carbonyl (C=O) groups excluding carboxylic acids is 1. The molecule has 18 heavy (non-hydrogen) atoms. The summed E-state index contributed by atoms with van der Waals surface area (Å²) in [5.41, 5.74) is -1.26. The number of hydrogen-bond acceptors (Lipinski definition) is 4. The normalized spacial score (nSPS) is 12.6. The molecule has 0 aliphatic rings. The molecule has 0 aliphatic heterocycles. The van der Waals surface area contributed by atoms with Gasteiger partial charge in [0.15, 0.2) is 6.73 Å². The van der Waals surface area contributed by atoms with Gasteiger partial charge < -0.3 is 4.74 Å². The van der Waals surface area contributed by atoms with Crippen LogP contribution in [0.4, 0.5) is 0 Å². The van der Waals surface area contributed by atoms with Crippen molar-refractivity contribution in [2.45, 2.75) is 53.8 Å². The van der Waals surface area contributed by atoms with Crippen molar-refractivity contribution in [1.82, 2.24) is 14.3 Å². The molecule has 6 heteroatoms. The lowest BCUT2D eigenvalue weighted by molar-refractivity contribution is -0.157. The summed E-state index contributed by atoms with van der Waals surface area (Å²) in [4.78, 5) is 23.5. The van der Waals surface area contributed by atoms with Crippen LogP contribution in [0.5, 0.6) is 0 Å². The molecule has 1 heterocycles. The van der Waals surface area contributed by atoms with Gasteiger partial charge in [0, 0.05) is 0 Å². The molecule has 0 saturated carbocycles. The number of hydrogen-bond donors (Lipinski definition) is 0. The minimum absolute atomic E-state index is 0.106. The fourth-order valence-corrected chi connectivity index (χ4v) is 1.23. The van der Waals surface area contributed by atoms with Gasteiger partial charge in [0.1, 0.15) is 6.33 Å². The average molecular weight is 255 g/mol. The van der Waals surface area contributed by atoms with Crippen LogP contribution in [-0.4, -0.2) is 20.3 Å². The van der Waals surface area contributed by atoms with Crippen molar-refractivity contribution in [3.05, 3.63) is 16.8 Å². The molecule has 0 aliphatic carbocycles. The Morgan fingerprint density at radius 1 is 1.28 bits per heavy atom. The minimum atomic E-state index is -0.580. The molecule has 0 N–H and O–H groups in total. The van der Waals surface area contributed by atoms with Gasteiger partial charge in [-0.25, -0.2) is 14.0 Å². The third kappa shape index (κ3) is 3.21. The Morgan fingerprint density at radius 3 is 2.22 bits per heavy atom. The summed E-state index contributed by atoms with van der Waals surface area (Å²) < 4.78 is 7.70. The largest absolute Gasteiger partial charge is 0.443 e. The van der Waals surface area contributed by atoms with E-state index in [9.17, 15) is 9.59 Å². The zero-order chi connectivity index (χ0) is 14.1. The number of aromatic nitrogens is 3. The van der Waals surface area contributed by atoms with Crippen LogP contribution in [-0.2, 0) is 21.8 Å². The van der Waals surface area contributed by atoms with E-state index in [-0.39, 0.29) is 18.4 Å². The molecule has 6 nitrogen and oxygen atoms in total. The minimum Gasteiger partial charge on any atom is -0.443 e. The standard InChI is InChI=1S/C12H21N3O3/c1-11(2,3)9(16)18-8-14-7-13-15(10(14)17)12(4,5)6/h7H,8H2,1-6H3. The second-order valence-corrected chi connectivity index (χ2v) is 6.28. The Hall–Kier alpha value is -1.59. The van der Waals surface area contributed by atoms with Crippen molar-refractivity contribution in [2.24, 2.45) is 5.41 Å². The van der Waals surface area contributed by atoms with Gasteiger partial charge in [-0.05, 0) is 41.5 Å². The van der Waals surface area contributed by atoms with Gasteiger partial charge in [-0.3, -0.25) is 4.79 Å². The van der Waals surface area contributed by atoms with Crippen LogP contribution < -0.4 is 5.69 Å². The maximum atomic E-state index is 11.9. The van der Waals surface area contributed by atoms with Crippen molar-refractivity contribution < 1.29 is 9.53 Å². The first kappa shape index (κ1) is 14.5. The van der Waals surface area contributed by atoms with E-state index in [1.54, 1.807) is 20.8 Å². The molecule has 1 aromatic rings. The van der Waals surface area contributed by atoms with Crippen LogP contribution in [0.2, 0.25) is 0 Å². The smallest absolute Gasteiger partial charge is 0.348 e. The predicted octanol–water partition coefficient (Wildman–Crippen LogP) is 1.35. The molecule has 0 atom stereocenters. The van der Waals surface area contributed by atoms with E-state index in [0.29, 0.717) is 0 Å². The highest BCUT2D eigenvalue weighted by Crippen LogP contribution is 2.15. The highest BCUT2D eigenvalue weighted by atomic mass is 16.5. The Bertz CT molecular complexity index is 486. The highest BCUT2D eigenvalue weighted by molar-refractivity contribution is 5.75. The maximum absolute atomic E-state index is 11.9. The topological polar surface area (TPSA) is 66.1 Å². The Labute approximate surface area is 107 Å². The van der Waals surface area contributed by atoms with Gasteiger partial charge in [0.2, 0.25) is 0 Å². The third-order valence-electron chi connectivity index (χ3n) is 2.32. The van der Waals surface area contributed by atoms with E-state index in [1.807, 2.05) is 20.8 Å². The van der Waals surface area contributed by atoms with Crippen molar-refractivity contribution >= 4 is 5.97 Å². The summed E-state index contributed by atoms with van der Waals surface area (Å²) >= 11 is 0. The molecule has 0 bridgehead atoms. The molecule has 102 valence electrons. The molecule has 0 spiro atoms. The summed E-state index contributed by atoms with van der Waals surface area (Å²) in [5, 5.41) is 4.00. The van der Waals surface area contributed by atoms with Crippen LogP contribution in [0.3, 0.4) is 0 Å². The van der Waals surface area contributed by atoms with E-state index in [1.165, 1.54) is 15.6 Å². The molecular weight excluding hydrogens is 234 g/mol. The molecular formula is C12H21N3O3. The van der Waals surface area contributed by atoms with Crippen LogP contribution in [0.15, 0.2) is 11.1 Å². The average Bonchev–Trinajstić information content (AvgIpc) is 2.54. The van der Waals surface area contributed by atoms with Crippen LogP contribution in [0.25, 0.3) is 0 Å². The second kappa shape index (κ2) is 4.59. The van der Waals surface area contributed by atoms with Gasteiger partial charge in [-0.2, -0.15) is 5.10 Å². The second-order valence-electron chi connectivity index (χ2n) is 6.28. The first-order chi connectivity index (χ1) is 8.03. The zero-order valence-electron chi connectivity index (χ0n) is 11.9. The van der Waals surface area contributed by atoms with E-state index in [4.69, 9.17) is 4.74 Å². The Balaban J connectivity index is 2.80. The first-order valence-electron chi connectivity index (χ1n) is 5.85. The highest BCUT2D eigenvalue weighted by Gasteiger charge is 2.24. The van der Waals surface area contributed by atoms with Gasteiger partial charge in [-0.1, -0.05) is 0 Å². The lowest BCUT2D eigenvalue weighted by atomic mass is 9.98. The van der Waals surface area contributed by atoms with Crippen LogP contribution in [0.1, 0.15) is 41.5 Å². The number of rotatable bonds is 2. The Morgan fingerprint density at radius 2 is 1.83 bits per heavy atom. The summed E-state index contributed by atoms with van der Waals surface area (Å²) in [5.74, 6) is -0.349. The summed E-state index contributed by atoms with van der Waals surface area (Å²) in [6.07, 6.45) is 1.38. The third-order valence-corrected chi connectivity index (χ3v) is 2.32. The van der Waals surface area contributed by atoms with Crippen LogP contribution in [0, 0.1) is 5.41 Å². The van der Waals surface area contributed by atoms with Crippen molar-refractivity contribution in [3.8, 4) is 0 Å². The predicted molar refractivity (Wildman–Crippen MR) is 67.0 cm³/mol. The van der Waals surface area contributed by atoms with Gasteiger partial charge in [0.25, 0.3) is 0 Å². The zero-order valence-corrected chi connectivity index (χ0v) is 11.9. The maximum Gasteiger partial charge on any atom is 0.348 e. The lowest BCUT2D eigenvalue weighted by Crippen LogP contribution is -2.36. The van der Waals surface area contributed by atoms with Crippen molar-refractivity contribution in [2.75, 3.05) is 0 Å². The number of esters is 1. The van der Waals surface area contributed by atoms with E-state index >= 15 is 0 Å². The summed E-state index contributed by atoms with van der Waals surface area (Å²) in [6.45, 7) is 10.8. The molecule has 0 amide bonds. The van der Waals surface area contributed by atoms with Gasteiger partial charge in [-0.15, -0.1) is 0 Å². The molecule has 1 aromatic heterocycles. The Kier molecular flexibility index (Phi) is 3.69. The monoisotopic (exact) mass is 255 g/mol. The fraction of sp³-hybridized carbons (Fsp3) is 0.750. The molecule has 0 aromatic carbocycles. The molecule has 1 rings (SSSR count). The molecule has 0 fully saturated rings.